The largest absolute Gasteiger partial charge is 0.309 e. The van der Waals surface area contributed by atoms with Crippen molar-refractivity contribution in [1.82, 2.24) is 9.97 Å². The Morgan fingerprint density at radius 3 is 1.98 bits per heavy atom. The van der Waals surface area contributed by atoms with E-state index >= 15 is 0 Å². The summed E-state index contributed by atoms with van der Waals surface area (Å²) >= 11 is 1.51. The van der Waals surface area contributed by atoms with Crippen molar-refractivity contribution in [3.05, 3.63) is 141 Å². The van der Waals surface area contributed by atoms with Crippen molar-refractivity contribution in [1.29, 1.82) is 0 Å². The summed E-state index contributed by atoms with van der Waals surface area (Å²) in [6.45, 7) is 4.27. The number of rotatable bonds is 6. The van der Waals surface area contributed by atoms with Crippen molar-refractivity contribution < 1.29 is 19.2 Å². The highest BCUT2D eigenvalue weighted by molar-refractivity contribution is 7.99. The number of carbonyl (C=O) groups is 4. The molecular weight excluding hydrogens is 671 g/mol. The number of nitrogens with one attached hydrogen (secondary N) is 1. The van der Waals surface area contributed by atoms with Crippen molar-refractivity contribution in [2.24, 2.45) is 0 Å². The maximum absolute atomic E-state index is 14.0. The fourth-order valence-corrected chi connectivity index (χ4v) is 8.88. The number of fused-ring (bicyclic) bond motifs is 4. The third kappa shape index (κ3) is 5.13. The van der Waals surface area contributed by atoms with Gasteiger partial charge in [-0.15, -0.1) is 0 Å². The number of benzene rings is 5. The quantitative estimate of drug-likeness (QED) is 0.136. The van der Waals surface area contributed by atoms with E-state index in [-0.39, 0.29) is 34.0 Å². The Hall–Kier alpha value is -5.67. The number of hydrogen-bond donors (Lipinski definition) is 1. The fourth-order valence-electron chi connectivity index (χ4n) is 8.00. The molecule has 1 saturated carbocycles. The van der Waals surface area contributed by atoms with Crippen LogP contribution in [0.25, 0.3) is 21.7 Å². The molecule has 0 radical (unpaired) electrons. The molecule has 52 heavy (non-hydrogen) atoms. The van der Waals surface area contributed by atoms with Gasteiger partial charge in [0, 0.05) is 20.9 Å². The van der Waals surface area contributed by atoms with Crippen molar-refractivity contribution in [3.63, 3.8) is 0 Å². The Morgan fingerprint density at radius 2 is 1.35 bits per heavy atom. The summed E-state index contributed by atoms with van der Waals surface area (Å²) in [5.41, 5.74) is 3.70. The minimum atomic E-state index is -1.31. The molecule has 0 saturated heterocycles. The first-order valence-electron chi connectivity index (χ1n) is 17.7. The van der Waals surface area contributed by atoms with Crippen LogP contribution < -0.4 is 10.5 Å². The second-order valence-electron chi connectivity index (χ2n) is 14.2. The first kappa shape index (κ1) is 32.3. The molecule has 5 aromatic carbocycles. The Morgan fingerprint density at radius 1 is 0.712 bits per heavy atom. The van der Waals surface area contributed by atoms with Gasteiger partial charge in [-0.2, -0.15) is 0 Å². The van der Waals surface area contributed by atoms with E-state index in [0.717, 1.165) is 41.0 Å². The molecule has 256 valence electrons. The Kier molecular flexibility index (Phi) is 7.59. The lowest BCUT2D eigenvalue weighted by Gasteiger charge is -2.23. The molecule has 0 bridgehead atoms. The average Bonchev–Trinajstić information content (AvgIpc) is 3.83. The monoisotopic (exact) mass is 703 g/mol. The number of ketones is 2. The number of carbonyl (C=O) groups excluding carboxylic acids is 4. The van der Waals surface area contributed by atoms with Crippen LogP contribution in [0.3, 0.4) is 0 Å². The first-order chi connectivity index (χ1) is 25.2. The predicted octanol–water partition coefficient (Wildman–Crippen LogP) is 8.97. The van der Waals surface area contributed by atoms with Crippen LogP contribution in [0.2, 0.25) is 0 Å². The van der Waals surface area contributed by atoms with Gasteiger partial charge in [0.05, 0.1) is 27.7 Å². The zero-order valence-corrected chi connectivity index (χ0v) is 29.4. The number of aromatic amines is 1. The van der Waals surface area contributed by atoms with Gasteiger partial charge in [0.2, 0.25) is 0 Å². The molecule has 0 atom stereocenters. The summed E-state index contributed by atoms with van der Waals surface area (Å²) in [6.07, 6.45) is 4.28. The second kappa shape index (κ2) is 12.2. The van der Waals surface area contributed by atoms with E-state index in [1.54, 1.807) is 36.4 Å². The summed E-state index contributed by atoms with van der Waals surface area (Å²) < 4.78 is 0. The highest BCUT2D eigenvalue weighted by Crippen LogP contribution is 2.43. The summed E-state index contributed by atoms with van der Waals surface area (Å²) in [5, 5.41) is 1.49. The molecule has 2 heterocycles. The fraction of sp³-hybridized carbons (Fsp3) is 0.209. The summed E-state index contributed by atoms with van der Waals surface area (Å²) in [5.74, 6) is -2.48. The van der Waals surface area contributed by atoms with E-state index in [9.17, 15) is 24.0 Å². The van der Waals surface area contributed by atoms with Gasteiger partial charge < -0.3 is 4.98 Å². The van der Waals surface area contributed by atoms with Gasteiger partial charge >= 0.3 is 0 Å². The second-order valence-corrected chi connectivity index (χ2v) is 15.4. The highest BCUT2D eigenvalue weighted by Gasteiger charge is 2.43. The van der Waals surface area contributed by atoms with Crippen molar-refractivity contribution in [2.75, 3.05) is 4.90 Å². The van der Waals surface area contributed by atoms with Crippen LogP contribution in [0.5, 0.6) is 0 Å². The number of hydrogen-bond acceptors (Lipinski definition) is 7. The van der Waals surface area contributed by atoms with Gasteiger partial charge in [-0.25, -0.2) is 9.88 Å². The summed E-state index contributed by atoms with van der Waals surface area (Å²) in [6, 6.07) is 27.7. The predicted molar refractivity (Wildman–Crippen MR) is 201 cm³/mol. The number of aromatic nitrogens is 2. The lowest BCUT2D eigenvalue weighted by Crippen LogP contribution is -2.30. The van der Waals surface area contributed by atoms with E-state index < -0.39 is 34.9 Å². The lowest BCUT2D eigenvalue weighted by molar-refractivity contribution is 0.0880. The van der Waals surface area contributed by atoms with Gasteiger partial charge in [-0.3, -0.25) is 24.0 Å². The van der Waals surface area contributed by atoms with E-state index in [1.165, 1.54) is 22.2 Å². The summed E-state index contributed by atoms with van der Waals surface area (Å²) in [4.78, 5) is 79.5. The number of amides is 2. The van der Waals surface area contributed by atoms with Gasteiger partial charge in [0.15, 0.2) is 11.6 Å². The first-order valence-corrected chi connectivity index (χ1v) is 18.5. The highest BCUT2D eigenvalue weighted by atomic mass is 32.2. The number of anilines is 1. The van der Waals surface area contributed by atoms with Crippen molar-refractivity contribution in [2.45, 2.75) is 67.1 Å². The van der Waals surface area contributed by atoms with Crippen molar-refractivity contribution in [3.8, 4) is 0 Å². The number of nitrogens with zero attached hydrogens (tertiary/aromatic N) is 2. The van der Waals surface area contributed by atoms with E-state index in [2.05, 4.69) is 29.9 Å². The summed E-state index contributed by atoms with van der Waals surface area (Å²) in [7, 11) is 0. The molecule has 1 aromatic heterocycles. The van der Waals surface area contributed by atoms with Crippen LogP contribution in [0.4, 0.5) is 5.69 Å². The Bertz CT molecular complexity index is 2530. The topological polar surface area (TPSA) is 117 Å². The minimum Gasteiger partial charge on any atom is -0.309 e. The SMILES string of the molecule is CC(C)c1ccc(N2C(=O)c3cc4cc5c(cc4cc3C2=O)C(=O)C(c2nc3ccc(Sc4ccccc4)cc3c(=O)[nH]2)C5=O)c(C2CCCC2)c1. The zero-order chi connectivity index (χ0) is 35.8. The van der Waals surface area contributed by atoms with E-state index in [0.29, 0.717) is 33.3 Å². The molecule has 2 amide bonds. The minimum absolute atomic E-state index is 0.0127. The van der Waals surface area contributed by atoms with Crippen molar-refractivity contribution >= 4 is 62.5 Å². The van der Waals surface area contributed by atoms with Gasteiger partial charge in [0.1, 0.15) is 11.7 Å². The van der Waals surface area contributed by atoms with Crippen LogP contribution in [0.15, 0.2) is 106 Å². The Labute approximate surface area is 303 Å². The number of H-pyrrole nitrogens is 1. The maximum atomic E-state index is 14.0. The third-order valence-electron chi connectivity index (χ3n) is 10.7. The van der Waals surface area contributed by atoms with Crippen LogP contribution in [0.1, 0.15) is 116 Å². The molecule has 3 aliphatic rings. The molecule has 9 rings (SSSR count). The zero-order valence-electron chi connectivity index (χ0n) is 28.6. The van der Waals surface area contributed by atoms with Crippen LogP contribution in [-0.4, -0.2) is 33.3 Å². The Balaban J connectivity index is 1.05. The van der Waals surface area contributed by atoms with Crippen LogP contribution in [-0.2, 0) is 0 Å². The van der Waals surface area contributed by atoms with Gasteiger partial charge in [0.25, 0.3) is 17.4 Å². The molecule has 0 unspecified atom stereocenters. The normalized spacial score (nSPS) is 16.2. The third-order valence-corrected chi connectivity index (χ3v) is 11.7. The molecule has 1 aliphatic heterocycles. The molecule has 2 aliphatic carbocycles. The van der Waals surface area contributed by atoms with Crippen LogP contribution in [0, 0.1) is 0 Å². The standard InChI is InChI=1S/C43H33N3O5S/c1-22(2)24-12-15-36(29(16-24)23-8-6-7-9-23)46-42(50)32-19-25-17-30-31(18-26(25)20-33(32)43(46)51)39(48)37(38(30)47)40-44-35-14-13-28(21-34(35)41(49)45-40)52-27-10-4-3-5-11-27/h3-5,10-23,37H,6-9H2,1-2H3,(H,44,45,49). The molecule has 6 aromatic rings. The maximum Gasteiger partial charge on any atom is 0.266 e. The molecule has 1 N–H and O–H groups in total. The van der Waals surface area contributed by atoms with Gasteiger partial charge in [-0.05, 0) is 107 Å². The average molecular weight is 704 g/mol. The van der Waals surface area contributed by atoms with Gasteiger partial charge in [-0.1, -0.05) is 68.8 Å². The molecule has 1 fully saturated rings. The smallest absolute Gasteiger partial charge is 0.266 e. The molecule has 0 spiro atoms. The molecular formula is C43H33N3O5S. The van der Waals surface area contributed by atoms with Crippen LogP contribution >= 0.6 is 11.8 Å². The number of Topliss-reactive ketones (excluding diaryl/α,β-unsaturated/α-hetero) is 2. The molecule has 8 nitrogen and oxygen atoms in total. The molecule has 9 heteroatoms. The lowest BCUT2D eigenvalue weighted by atomic mass is 9.90. The van der Waals surface area contributed by atoms with E-state index in [1.807, 2.05) is 48.5 Å². The van der Waals surface area contributed by atoms with E-state index in [4.69, 9.17) is 0 Å². The number of imide groups is 1.